The number of hydrogen-bond acceptors (Lipinski definition) is 16. The normalized spacial score (nSPS) is 22.9. The minimum absolute atomic E-state index is 0.00453. The Balaban J connectivity index is 1.13. The first kappa shape index (κ1) is 72.4. The van der Waals surface area contributed by atoms with E-state index in [-0.39, 0.29) is 47.4 Å². The number of carbonyl (C=O) groups excluding carboxylic acids is 11. The maximum atomic E-state index is 15.1. The van der Waals surface area contributed by atoms with Crippen LogP contribution in [0.4, 0.5) is 5.69 Å². The number of aromatic amines is 1. The number of benzene rings is 3. The van der Waals surface area contributed by atoms with E-state index in [2.05, 4.69) is 54.1 Å². The third kappa shape index (κ3) is 19.3. The first-order chi connectivity index (χ1) is 44.9. The highest BCUT2D eigenvalue weighted by atomic mass is 32.2. The molecule has 0 saturated carbocycles. The predicted octanol–water partition coefficient (Wildman–Crippen LogP) is -0.605. The van der Waals surface area contributed by atoms with Crippen molar-refractivity contribution in [1.29, 1.82) is 0 Å². The summed E-state index contributed by atoms with van der Waals surface area (Å²) in [7, 11) is -2.42. The molecule has 0 radical (unpaired) electrons. The Hall–Kier alpha value is -9.06. The molecule has 11 atom stereocenters. The number of aromatic nitrogens is 1. The van der Waals surface area contributed by atoms with E-state index < -0.39 is 176 Å². The molecule has 4 aromatic rings. The van der Waals surface area contributed by atoms with Gasteiger partial charge >= 0.3 is 0 Å². The van der Waals surface area contributed by atoms with Crippen LogP contribution in [0.15, 0.2) is 78.3 Å². The highest BCUT2D eigenvalue weighted by molar-refractivity contribution is 7.85. The lowest BCUT2D eigenvalue weighted by atomic mass is 9.93. The molecule has 3 aromatic carbocycles. The Morgan fingerprint density at radius 1 is 0.830 bits per heavy atom. The van der Waals surface area contributed by atoms with Gasteiger partial charge in [-0.15, -0.1) is 0 Å². The number of nitrogens with zero attached hydrogens (tertiary/aromatic N) is 2. The number of hydrogen-bond donors (Lipinski definition) is 13. The number of anilines is 1. The second kappa shape index (κ2) is 34.2. The summed E-state index contributed by atoms with van der Waals surface area (Å²) in [6.45, 7) is 8.55. The molecule has 1 fully saturated rings. The van der Waals surface area contributed by atoms with Gasteiger partial charge < -0.3 is 83.1 Å². The van der Waals surface area contributed by atoms with E-state index in [1.165, 1.54) is 6.92 Å². The Morgan fingerprint density at radius 3 is 2.24 bits per heavy atom. The zero-order valence-corrected chi connectivity index (χ0v) is 54.0. The van der Waals surface area contributed by atoms with Crippen LogP contribution in [0.25, 0.3) is 17.0 Å². The number of nitrogens with two attached hydrogens (primary N) is 1. The molecule has 29 heteroatoms. The molecule has 3 aliphatic rings. The molecule has 2 bridgehead atoms. The van der Waals surface area contributed by atoms with Gasteiger partial charge in [0.25, 0.3) is 0 Å². The molecule has 4 heterocycles. The fraction of sp³-hybridized carbons (Fsp3) is 0.492. The average molecular weight is 1320 g/mol. The molecular weight excluding hydrogens is 1240 g/mol. The largest absolute Gasteiger partial charge is 0.494 e. The van der Waals surface area contributed by atoms with Gasteiger partial charge in [-0.25, -0.2) is 0 Å². The molecule has 11 amide bonds. The van der Waals surface area contributed by atoms with Gasteiger partial charge in [-0.3, -0.25) is 56.9 Å². The smallest absolute Gasteiger partial charge is 0.246 e. The Bertz CT molecular complexity index is 3490. The van der Waals surface area contributed by atoms with Gasteiger partial charge in [0.15, 0.2) is 0 Å². The molecule has 14 N–H and O–H groups in total. The number of unbranched alkanes of at least 4 members (excludes halogenated alkanes) is 3. The summed E-state index contributed by atoms with van der Waals surface area (Å²) in [5.74, 6) is -12.1. The van der Waals surface area contributed by atoms with Crippen molar-refractivity contribution in [3.63, 3.8) is 0 Å². The summed E-state index contributed by atoms with van der Waals surface area (Å²) in [4.78, 5) is 159. The summed E-state index contributed by atoms with van der Waals surface area (Å²) in [6, 6.07) is 9.91. The molecule has 0 spiro atoms. The topological polar surface area (TPSA) is 419 Å². The highest BCUT2D eigenvalue weighted by Gasteiger charge is 2.45. The number of nitrogens with one attached hydrogen (secondary N) is 9. The molecule has 508 valence electrons. The van der Waals surface area contributed by atoms with Crippen LogP contribution in [-0.2, 0) is 76.5 Å². The van der Waals surface area contributed by atoms with Crippen molar-refractivity contribution in [3.8, 4) is 5.75 Å². The number of ether oxygens (including phenoxy) is 1. The van der Waals surface area contributed by atoms with Crippen LogP contribution < -0.4 is 57.9 Å². The van der Waals surface area contributed by atoms with Crippen LogP contribution in [0.2, 0.25) is 0 Å². The van der Waals surface area contributed by atoms with Gasteiger partial charge in [-0.2, -0.15) is 0 Å². The number of aliphatic hydroxyl groups excluding tert-OH is 3. The Labute approximate surface area is 546 Å². The molecule has 28 nitrogen and oxygen atoms in total. The van der Waals surface area contributed by atoms with Crippen LogP contribution >= 0.6 is 0 Å². The van der Waals surface area contributed by atoms with E-state index in [1.54, 1.807) is 43.0 Å². The zero-order chi connectivity index (χ0) is 68.3. The van der Waals surface area contributed by atoms with Crippen molar-refractivity contribution in [2.24, 2.45) is 17.6 Å². The third-order valence-corrected chi connectivity index (χ3v) is 18.5. The minimum Gasteiger partial charge on any atom is -0.494 e. The molecule has 1 aromatic heterocycles. The lowest BCUT2D eigenvalue weighted by Gasteiger charge is -2.32. The predicted molar refractivity (Wildman–Crippen MR) is 346 cm³/mol. The van der Waals surface area contributed by atoms with Crippen molar-refractivity contribution in [2.75, 3.05) is 50.0 Å². The molecular formula is C65H86N12O16S. The van der Waals surface area contributed by atoms with E-state index in [4.69, 9.17) is 10.5 Å². The molecule has 3 aliphatic heterocycles. The number of para-hydroxylation sites is 1. The van der Waals surface area contributed by atoms with Crippen LogP contribution in [0, 0.1) is 18.8 Å². The quantitative estimate of drug-likeness (QED) is 0.0437. The zero-order valence-electron chi connectivity index (χ0n) is 53.2. The number of fused-ring (bicyclic) bond motifs is 5. The lowest BCUT2D eigenvalue weighted by Crippen LogP contribution is -2.62. The fourth-order valence-electron chi connectivity index (χ4n) is 11.4. The minimum atomic E-state index is -2.42. The summed E-state index contributed by atoms with van der Waals surface area (Å²) in [5.41, 5.74) is 9.47. The van der Waals surface area contributed by atoms with Gasteiger partial charge in [-0.1, -0.05) is 95.2 Å². The third-order valence-electron chi connectivity index (χ3n) is 17.1. The number of H-pyrrole nitrogens is 1. The van der Waals surface area contributed by atoms with Crippen LogP contribution in [0.3, 0.4) is 0 Å². The Morgan fingerprint density at radius 2 is 1.53 bits per heavy atom. The van der Waals surface area contributed by atoms with Crippen molar-refractivity contribution in [1.82, 2.24) is 52.4 Å². The first-order valence-electron chi connectivity index (χ1n) is 31.5. The number of aliphatic hydroxyl groups is 3. The molecule has 0 aliphatic carbocycles. The summed E-state index contributed by atoms with van der Waals surface area (Å²) >= 11 is 0. The first-order valence-corrected chi connectivity index (χ1v) is 32.8. The summed E-state index contributed by atoms with van der Waals surface area (Å²) < 4.78 is 21.3. The highest BCUT2D eigenvalue weighted by Crippen LogP contribution is 2.32. The van der Waals surface area contributed by atoms with Crippen LogP contribution in [0.1, 0.15) is 101 Å². The number of carbonyl (C=O) groups is 11. The maximum absolute atomic E-state index is 15.1. The van der Waals surface area contributed by atoms with Gasteiger partial charge in [0.1, 0.15) is 47.0 Å². The molecule has 94 heavy (non-hydrogen) atoms. The molecule has 7 rings (SSSR count). The van der Waals surface area contributed by atoms with E-state index >= 15 is 4.21 Å². The van der Waals surface area contributed by atoms with Gasteiger partial charge in [-0.05, 0) is 66.1 Å². The number of aryl methyl sites for hydroxylation is 1. The fourth-order valence-corrected chi connectivity index (χ4v) is 12.8. The second-order valence-corrected chi connectivity index (χ2v) is 25.3. The second-order valence-electron chi connectivity index (χ2n) is 23.9. The van der Waals surface area contributed by atoms with E-state index in [0.29, 0.717) is 55.6 Å². The van der Waals surface area contributed by atoms with Gasteiger partial charge in [0.05, 0.1) is 79.2 Å². The SMILES string of the molecule is C=Cc1ccccc1N(Cc1ccccc1C)C(=O)CCC(=O)NCCCCCCOc1ccc2c3c([nH]c2c1)S(=O)C[C@H]1NC(=O)CNC(=O)[C@H]([C@H](C)CC)NC(=O)CNC(=O)[C@H](C3)NC(=O)[C@H]([C@@H](C)[C@@H](O)CO)NC(=O)C2C[C@@H](O)CN2C(=O)[C@H](CC(N)=O)NC1=O. The number of rotatable bonds is 22. The van der Waals surface area contributed by atoms with Gasteiger partial charge in [0.2, 0.25) is 65.0 Å². The summed E-state index contributed by atoms with van der Waals surface area (Å²) in [6.07, 6.45) is -0.194. The van der Waals surface area contributed by atoms with Crippen molar-refractivity contribution in [3.05, 3.63) is 95.6 Å². The van der Waals surface area contributed by atoms with E-state index in [0.717, 1.165) is 28.0 Å². The van der Waals surface area contributed by atoms with E-state index in [9.17, 15) is 68.1 Å². The number of amides is 11. The summed E-state index contributed by atoms with van der Waals surface area (Å²) in [5, 5.41) is 52.4. The van der Waals surface area contributed by atoms with Crippen molar-refractivity contribution >= 4 is 98.4 Å². The monoisotopic (exact) mass is 1320 g/mol. The van der Waals surface area contributed by atoms with Crippen molar-refractivity contribution in [2.45, 2.75) is 152 Å². The van der Waals surface area contributed by atoms with Crippen LogP contribution in [0.5, 0.6) is 5.75 Å². The maximum Gasteiger partial charge on any atom is 0.246 e. The van der Waals surface area contributed by atoms with E-state index in [1.807, 2.05) is 55.5 Å². The number of primary amides is 1. The molecule has 1 saturated heterocycles. The standard InChI is InChI=1S/C65H86N12O16S/c1-6-36(3)57-62(89)69-30-54(83)70-48-35-94(92)64-44(28-46(59(86)68-31-55(84)74-57)71-63(90)58(38(5)51(80)34-78)75-61(88)50-26-41(79)33-77(50)65(91)47(29-52(66)81)72-60(48)87)43-21-20-42(27-45(43)73-64)93-25-15-9-8-14-24-67-53(82)22-23-56(85)76(32-40-18-11-10-16-37(40)4)49-19-13-12-17-39(49)7-2/h7,10-13,16-21,27,36,38,41,46-48,50-51,57-58,73,78-80H,2,6,8-9,14-15,22-26,28-35H2,1,3-5H3,(H2,66,81)(H,67,82)(H,68,86)(H,69,89)(H,70,83)(H,71,90)(H,72,87)(H,74,84)(H,75,88)/t36-,38+,41-,46+,47+,48-,50?,51+,57+,58+,94?/m1/s1. The molecule has 2 unspecified atom stereocenters. The van der Waals surface area contributed by atoms with Crippen molar-refractivity contribution < 1.29 is 77.0 Å². The average Bonchev–Trinajstić information content (AvgIpc) is 1.64. The lowest BCUT2D eigenvalue weighted by molar-refractivity contribution is -0.144. The van der Waals surface area contributed by atoms with Crippen LogP contribution in [-0.4, -0.2) is 188 Å². The Kier molecular flexibility index (Phi) is 26.3. The van der Waals surface area contributed by atoms with Gasteiger partial charge in [0, 0.05) is 56.1 Å².